The predicted octanol–water partition coefficient (Wildman–Crippen LogP) is 3.11. The number of carboxylic acids is 1. The Morgan fingerprint density at radius 2 is 2.05 bits per heavy atom. The number of thiophene rings is 1. The van der Waals surface area contributed by atoms with E-state index >= 15 is 0 Å². The van der Waals surface area contributed by atoms with Gasteiger partial charge in [-0.3, -0.25) is 4.79 Å². The highest BCUT2D eigenvalue weighted by atomic mass is 32.1. The number of rotatable bonds is 4. The molecular formula is C15H13NO4S. The molecule has 0 saturated carbocycles. The third-order valence-corrected chi connectivity index (χ3v) is 3.77. The summed E-state index contributed by atoms with van der Waals surface area (Å²) in [6, 6.07) is 5.70. The Morgan fingerprint density at radius 3 is 2.62 bits per heavy atom. The summed E-state index contributed by atoms with van der Waals surface area (Å²) in [7, 11) is 0. The van der Waals surface area contributed by atoms with Crippen LogP contribution in [0.3, 0.4) is 0 Å². The molecule has 1 amide bonds. The number of hydrogen-bond acceptors (Lipinski definition) is 4. The average Bonchev–Trinajstić information content (AvgIpc) is 2.84. The van der Waals surface area contributed by atoms with Gasteiger partial charge >= 0.3 is 5.97 Å². The maximum atomic E-state index is 11.8. The number of carbonyl (C=O) groups excluding carboxylic acids is 1. The quantitative estimate of drug-likeness (QED) is 0.598. The van der Waals surface area contributed by atoms with Crippen molar-refractivity contribution in [2.45, 2.75) is 6.92 Å². The molecule has 0 bridgehead atoms. The second-order valence-electron chi connectivity index (χ2n) is 4.33. The van der Waals surface area contributed by atoms with E-state index in [0.717, 1.165) is 16.5 Å². The first kappa shape index (κ1) is 14.8. The monoisotopic (exact) mass is 303 g/mol. The molecule has 2 rings (SSSR count). The van der Waals surface area contributed by atoms with Crippen molar-refractivity contribution >= 4 is 35.0 Å². The van der Waals surface area contributed by atoms with Gasteiger partial charge in [-0.15, -0.1) is 11.3 Å². The van der Waals surface area contributed by atoms with E-state index in [1.165, 1.54) is 29.5 Å². The number of carbonyl (C=O) groups is 2. The van der Waals surface area contributed by atoms with Gasteiger partial charge in [0.2, 0.25) is 5.91 Å². The molecule has 2 aromatic rings. The Bertz CT molecular complexity index is 718. The zero-order valence-corrected chi connectivity index (χ0v) is 12.0. The van der Waals surface area contributed by atoms with E-state index in [1.54, 1.807) is 6.08 Å². The molecule has 0 spiro atoms. The number of hydrogen-bond donors (Lipinski definition) is 3. The normalized spacial score (nSPS) is 10.7. The zero-order chi connectivity index (χ0) is 15.4. The minimum absolute atomic E-state index is 0.0461. The number of anilines is 1. The van der Waals surface area contributed by atoms with E-state index in [0.29, 0.717) is 0 Å². The number of aryl methyl sites for hydroxylation is 1. The van der Waals surface area contributed by atoms with Gasteiger partial charge in [-0.2, -0.15) is 0 Å². The molecule has 3 N–H and O–H groups in total. The smallest absolute Gasteiger partial charge is 0.335 e. The van der Waals surface area contributed by atoms with Crippen LogP contribution in [0.4, 0.5) is 5.69 Å². The van der Waals surface area contributed by atoms with Crippen LogP contribution >= 0.6 is 11.3 Å². The number of amides is 1. The first-order chi connectivity index (χ1) is 9.97. The zero-order valence-electron chi connectivity index (χ0n) is 11.2. The van der Waals surface area contributed by atoms with E-state index < -0.39 is 11.9 Å². The number of phenolic OH excluding ortho intramolecular Hbond substituents is 1. The molecule has 0 unspecified atom stereocenters. The van der Waals surface area contributed by atoms with Crippen molar-refractivity contribution in [1.29, 1.82) is 0 Å². The highest BCUT2D eigenvalue weighted by Gasteiger charge is 2.09. The molecule has 1 aromatic heterocycles. The van der Waals surface area contributed by atoms with Crippen LogP contribution in [0.15, 0.2) is 35.7 Å². The highest BCUT2D eigenvalue weighted by molar-refractivity contribution is 7.11. The van der Waals surface area contributed by atoms with Crippen LogP contribution in [0.25, 0.3) is 6.08 Å². The fraction of sp³-hybridized carbons (Fsp3) is 0.0667. The summed E-state index contributed by atoms with van der Waals surface area (Å²) in [5, 5.41) is 22.9. The van der Waals surface area contributed by atoms with Crippen molar-refractivity contribution in [3.8, 4) is 5.75 Å². The first-order valence-corrected chi connectivity index (χ1v) is 6.95. The second kappa shape index (κ2) is 6.23. The maximum absolute atomic E-state index is 11.8. The molecule has 0 fully saturated rings. The van der Waals surface area contributed by atoms with Gasteiger partial charge in [-0.1, -0.05) is 0 Å². The fourth-order valence-electron chi connectivity index (χ4n) is 1.65. The van der Waals surface area contributed by atoms with Gasteiger partial charge in [0, 0.05) is 11.0 Å². The molecule has 0 aliphatic carbocycles. The summed E-state index contributed by atoms with van der Waals surface area (Å²) in [4.78, 5) is 23.5. The largest absolute Gasteiger partial charge is 0.506 e. The maximum Gasteiger partial charge on any atom is 0.335 e. The summed E-state index contributed by atoms with van der Waals surface area (Å²) < 4.78 is 0. The summed E-state index contributed by atoms with van der Waals surface area (Å²) in [5.74, 6) is -1.83. The fourth-order valence-corrected chi connectivity index (χ4v) is 2.47. The Labute approximate surface area is 125 Å². The number of aromatic carboxylic acids is 1. The van der Waals surface area contributed by atoms with Gasteiger partial charge in [0.05, 0.1) is 11.3 Å². The molecule has 0 atom stereocenters. The Kier molecular flexibility index (Phi) is 4.39. The molecule has 21 heavy (non-hydrogen) atoms. The Hall–Kier alpha value is -2.60. The van der Waals surface area contributed by atoms with Gasteiger partial charge in [-0.05, 0) is 48.2 Å². The first-order valence-electron chi connectivity index (χ1n) is 6.07. The van der Waals surface area contributed by atoms with Crippen molar-refractivity contribution in [3.63, 3.8) is 0 Å². The molecule has 0 radical (unpaired) electrons. The lowest BCUT2D eigenvalue weighted by atomic mass is 10.2. The second-order valence-corrected chi connectivity index (χ2v) is 5.28. The molecule has 0 saturated heterocycles. The van der Waals surface area contributed by atoms with Gasteiger partial charge in [-0.25, -0.2) is 4.79 Å². The minimum atomic E-state index is -1.14. The Balaban J connectivity index is 2.08. The molecule has 1 heterocycles. The van der Waals surface area contributed by atoms with Crippen molar-refractivity contribution in [3.05, 3.63) is 51.7 Å². The summed E-state index contributed by atoms with van der Waals surface area (Å²) >= 11 is 1.52. The van der Waals surface area contributed by atoms with Gasteiger partial charge in [0.1, 0.15) is 5.75 Å². The summed E-state index contributed by atoms with van der Waals surface area (Å²) in [6.07, 6.45) is 3.06. The van der Waals surface area contributed by atoms with E-state index in [2.05, 4.69) is 5.32 Å². The molecular weight excluding hydrogens is 290 g/mol. The standard InChI is InChI=1S/C15H13NO4S/c1-9-6-7-21-13(9)4-5-14(18)16-11-3-2-10(15(19)20)8-12(11)17/h2-8,17H,1H3,(H,16,18)(H,19,20)/b5-4+. The van der Waals surface area contributed by atoms with E-state index in [4.69, 9.17) is 5.11 Å². The number of nitrogens with one attached hydrogen (secondary N) is 1. The topological polar surface area (TPSA) is 86.6 Å². The minimum Gasteiger partial charge on any atom is -0.506 e. The van der Waals surface area contributed by atoms with Gasteiger partial charge < -0.3 is 15.5 Å². The average molecular weight is 303 g/mol. The van der Waals surface area contributed by atoms with Gasteiger partial charge in [0.15, 0.2) is 0 Å². The molecule has 0 aliphatic rings. The number of aromatic hydroxyl groups is 1. The van der Waals surface area contributed by atoms with E-state index in [9.17, 15) is 14.7 Å². The summed E-state index contributed by atoms with van der Waals surface area (Å²) in [5.41, 5.74) is 1.20. The third kappa shape index (κ3) is 3.70. The number of phenols is 1. The van der Waals surface area contributed by atoms with Gasteiger partial charge in [0.25, 0.3) is 0 Å². The lowest BCUT2D eigenvalue weighted by molar-refractivity contribution is -0.111. The number of carboxylic acid groups (broad SMARTS) is 1. The SMILES string of the molecule is Cc1ccsc1/C=C/C(=O)Nc1ccc(C(=O)O)cc1O. The molecule has 6 heteroatoms. The van der Waals surface area contributed by atoms with Crippen LogP contribution < -0.4 is 5.32 Å². The number of benzene rings is 1. The van der Waals surface area contributed by atoms with Crippen LogP contribution in [-0.2, 0) is 4.79 Å². The van der Waals surface area contributed by atoms with Crippen molar-refractivity contribution in [2.75, 3.05) is 5.32 Å². The van der Waals surface area contributed by atoms with E-state index in [-0.39, 0.29) is 17.0 Å². The molecule has 108 valence electrons. The van der Waals surface area contributed by atoms with Crippen LogP contribution in [-0.4, -0.2) is 22.1 Å². The lowest BCUT2D eigenvalue weighted by Gasteiger charge is -2.05. The van der Waals surface area contributed by atoms with Crippen molar-refractivity contribution < 1.29 is 19.8 Å². The van der Waals surface area contributed by atoms with Crippen molar-refractivity contribution in [1.82, 2.24) is 0 Å². The predicted molar refractivity (Wildman–Crippen MR) is 81.8 cm³/mol. The Morgan fingerprint density at radius 1 is 1.29 bits per heavy atom. The molecule has 5 nitrogen and oxygen atoms in total. The summed E-state index contributed by atoms with van der Waals surface area (Å²) in [6.45, 7) is 1.95. The van der Waals surface area contributed by atoms with Crippen LogP contribution in [0.1, 0.15) is 20.8 Å². The van der Waals surface area contributed by atoms with Crippen LogP contribution in [0.5, 0.6) is 5.75 Å². The third-order valence-electron chi connectivity index (χ3n) is 2.79. The van der Waals surface area contributed by atoms with Crippen LogP contribution in [0.2, 0.25) is 0 Å². The molecule has 1 aromatic carbocycles. The van der Waals surface area contributed by atoms with E-state index in [1.807, 2.05) is 18.4 Å². The lowest BCUT2D eigenvalue weighted by Crippen LogP contribution is -2.08. The van der Waals surface area contributed by atoms with Crippen LogP contribution in [0, 0.1) is 6.92 Å². The highest BCUT2D eigenvalue weighted by Crippen LogP contribution is 2.24. The van der Waals surface area contributed by atoms with Crippen molar-refractivity contribution in [2.24, 2.45) is 0 Å². The molecule has 0 aliphatic heterocycles.